The Labute approximate surface area is 107 Å². The van der Waals surface area contributed by atoms with Gasteiger partial charge in [-0.05, 0) is 18.4 Å². The van der Waals surface area contributed by atoms with Gasteiger partial charge in [0.15, 0.2) is 0 Å². The van der Waals surface area contributed by atoms with Gasteiger partial charge in [0.25, 0.3) is 0 Å². The second kappa shape index (κ2) is 5.10. The smallest absolute Gasteiger partial charge is 0.308 e. The van der Waals surface area contributed by atoms with Crippen LogP contribution < -0.4 is 0 Å². The van der Waals surface area contributed by atoms with Crippen molar-refractivity contribution in [3.8, 4) is 0 Å². The van der Waals surface area contributed by atoms with Gasteiger partial charge in [0.2, 0.25) is 0 Å². The van der Waals surface area contributed by atoms with Gasteiger partial charge in [0, 0.05) is 26.7 Å². The lowest BCUT2D eigenvalue weighted by Crippen LogP contribution is -2.24. The van der Waals surface area contributed by atoms with E-state index in [9.17, 15) is 4.79 Å². The van der Waals surface area contributed by atoms with Crippen LogP contribution in [0.1, 0.15) is 25.2 Å². The summed E-state index contributed by atoms with van der Waals surface area (Å²) < 4.78 is 1.90. The van der Waals surface area contributed by atoms with Gasteiger partial charge < -0.3 is 5.11 Å². The summed E-state index contributed by atoms with van der Waals surface area (Å²) in [5, 5.41) is 13.5. The van der Waals surface area contributed by atoms with Crippen molar-refractivity contribution in [1.82, 2.24) is 14.7 Å². The normalized spacial score (nSPS) is 24.6. The standard InChI is InChI=1S/C13H21N3O2/c1-4-10-5-11(15(3)14-10)7-16-6-9(2)12(8-16)13(17)18/h5,9,12H,4,6-8H2,1-3H3,(H,17,18)/t9-,12-/m1/s1. The van der Waals surface area contributed by atoms with Gasteiger partial charge in [-0.25, -0.2) is 0 Å². The van der Waals surface area contributed by atoms with Gasteiger partial charge in [-0.1, -0.05) is 13.8 Å². The third-order valence-corrected chi connectivity index (χ3v) is 3.78. The molecule has 5 nitrogen and oxygen atoms in total. The van der Waals surface area contributed by atoms with E-state index in [0.717, 1.165) is 30.9 Å². The number of carbonyl (C=O) groups is 1. The summed E-state index contributed by atoms with van der Waals surface area (Å²) in [7, 11) is 1.95. The zero-order valence-corrected chi connectivity index (χ0v) is 11.3. The van der Waals surface area contributed by atoms with E-state index in [1.54, 1.807) is 0 Å². The minimum atomic E-state index is -0.677. The lowest BCUT2D eigenvalue weighted by Gasteiger charge is -2.14. The van der Waals surface area contributed by atoms with Crippen LogP contribution in [0.25, 0.3) is 0 Å². The van der Waals surface area contributed by atoms with Crippen molar-refractivity contribution in [3.05, 3.63) is 17.5 Å². The highest BCUT2D eigenvalue weighted by Gasteiger charge is 2.34. The number of carboxylic acids is 1. The molecule has 0 aliphatic carbocycles. The maximum absolute atomic E-state index is 11.1. The van der Waals surface area contributed by atoms with E-state index in [1.165, 1.54) is 0 Å². The minimum absolute atomic E-state index is 0.223. The van der Waals surface area contributed by atoms with E-state index in [2.05, 4.69) is 23.0 Å². The number of nitrogens with zero attached hydrogens (tertiary/aromatic N) is 3. The van der Waals surface area contributed by atoms with E-state index < -0.39 is 5.97 Å². The molecule has 18 heavy (non-hydrogen) atoms. The number of likely N-dealkylation sites (tertiary alicyclic amines) is 1. The van der Waals surface area contributed by atoms with Crippen LogP contribution in [0.2, 0.25) is 0 Å². The predicted octanol–water partition coefficient (Wildman–Crippen LogP) is 1.13. The molecule has 0 bridgehead atoms. The molecule has 1 N–H and O–H groups in total. The molecular weight excluding hydrogens is 230 g/mol. The third kappa shape index (κ3) is 2.56. The summed E-state index contributed by atoms with van der Waals surface area (Å²) in [6, 6.07) is 2.11. The lowest BCUT2D eigenvalue weighted by molar-refractivity contribution is -0.142. The first kappa shape index (κ1) is 13.1. The fourth-order valence-corrected chi connectivity index (χ4v) is 2.64. The van der Waals surface area contributed by atoms with Crippen molar-refractivity contribution in [2.45, 2.75) is 26.8 Å². The van der Waals surface area contributed by atoms with Crippen LogP contribution in [0.4, 0.5) is 0 Å². The van der Waals surface area contributed by atoms with E-state index in [-0.39, 0.29) is 11.8 Å². The van der Waals surface area contributed by atoms with Crippen molar-refractivity contribution >= 4 is 5.97 Å². The highest BCUT2D eigenvalue weighted by atomic mass is 16.4. The Bertz CT molecular complexity index is 441. The number of aliphatic carboxylic acids is 1. The van der Waals surface area contributed by atoms with Gasteiger partial charge in [0.1, 0.15) is 0 Å². The molecule has 1 aromatic heterocycles. The van der Waals surface area contributed by atoms with Crippen LogP contribution >= 0.6 is 0 Å². The molecule has 2 atom stereocenters. The fourth-order valence-electron chi connectivity index (χ4n) is 2.64. The quantitative estimate of drug-likeness (QED) is 0.871. The molecule has 2 rings (SSSR count). The molecule has 0 unspecified atom stereocenters. The zero-order valence-electron chi connectivity index (χ0n) is 11.3. The fraction of sp³-hybridized carbons (Fsp3) is 0.692. The first-order valence-electron chi connectivity index (χ1n) is 6.48. The number of hydrogen-bond acceptors (Lipinski definition) is 3. The average Bonchev–Trinajstić information content (AvgIpc) is 2.83. The van der Waals surface area contributed by atoms with Crippen LogP contribution in [-0.4, -0.2) is 38.8 Å². The highest BCUT2D eigenvalue weighted by molar-refractivity contribution is 5.71. The summed E-state index contributed by atoms with van der Waals surface area (Å²) in [5.41, 5.74) is 2.25. The minimum Gasteiger partial charge on any atom is -0.481 e. The van der Waals surface area contributed by atoms with Crippen LogP contribution in [0, 0.1) is 11.8 Å². The van der Waals surface area contributed by atoms with E-state index in [4.69, 9.17) is 5.11 Å². The second-order valence-corrected chi connectivity index (χ2v) is 5.22. The monoisotopic (exact) mass is 251 g/mol. The molecule has 1 saturated heterocycles. The molecule has 1 fully saturated rings. The lowest BCUT2D eigenvalue weighted by atomic mass is 9.99. The van der Waals surface area contributed by atoms with Gasteiger partial charge in [-0.3, -0.25) is 14.4 Å². The maximum atomic E-state index is 11.1. The third-order valence-electron chi connectivity index (χ3n) is 3.78. The Hall–Kier alpha value is -1.36. The highest BCUT2D eigenvalue weighted by Crippen LogP contribution is 2.24. The molecule has 0 radical (unpaired) electrons. The Kier molecular flexibility index (Phi) is 3.71. The molecular formula is C13H21N3O2. The summed E-state index contributed by atoms with van der Waals surface area (Å²) in [5.74, 6) is -0.686. The van der Waals surface area contributed by atoms with Crippen molar-refractivity contribution < 1.29 is 9.90 Å². The molecule has 1 aromatic rings. The van der Waals surface area contributed by atoms with E-state index in [0.29, 0.717) is 6.54 Å². The first-order chi connectivity index (χ1) is 8.51. The summed E-state index contributed by atoms with van der Waals surface area (Å²) in [4.78, 5) is 13.3. The summed E-state index contributed by atoms with van der Waals surface area (Å²) in [6.45, 7) is 6.38. The second-order valence-electron chi connectivity index (χ2n) is 5.22. The van der Waals surface area contributed by atoms with E-state index >= 15 is 0 Å². The average molecular weight is 251 g/mol. The largest absolute Gasteiger partial charge is 0.481 e. The molecule has 1 aliphatic rings. The van der Waals surface area contributed by atoms with Gasteiger partial charge in [-0.15, -0.1) is 0 Å². The maximum Gasteiger partial charge on any atom is 0.308 e. The van der Waals surface area contributed by atoms with Gasteiger partial charge in [-0.2, -0.15) is 5.10 Å². The molecule has 0 amide bonds. The molecule has 0 spiro atoms. The van der Waals surface area contributed by atoms with Crippen LogP contribution in [-0.2, 0) is 24.8 Å². The zero-order chi connectivity index (χ0) is 13.3. The Morgan fingerprint density at radius 3 is 2.78 bits per heavy atom. The van der Waals surface area contributed by atoms with Crippen molar-refractivity contribution in [2.75, 3.05) is 13.1 Å². The number of aromatic nitrogens is 2. The molecule has 100 valence electrons. The van der Waals surface area contributed by atoms with Gasteiger partial charge in [0.05, 0.1) is 17.3 Å². The molecule has 0 saturated carbocycles. The summed E-state index contributed by atoms with van der Waals surface area (Å²) in [6.07, 6.45) is 0.933. The van der Waals surface area contributed by atoms with Crippen molar-refractivity contribution in [1.29, 1.82) is 0 Å². The van der Waals surface area contributed by atoms with E-state index in [1.807, 2.05) is 18.7 Å². The molecule has 1 aliphatic heterocycles. The number of rotatable bonds is 4. The SMILES string of the molecule is CCc1cc(CN2C[C@@H](C)[C@H](C(=O)O)C2)n(C)n1. The molecule has 0 aromatic carbocycles. The molecule has 5 heteroatoms. The summed E-state index contributed by atoms with van der Waals surface area (Å²) >= 11 is 0. The Balaban J connectivity index is 2.02. The number of aryl methyl sites for hydroxylation is 2. The van der Waals surface area contributed by atoms with Crippen LogP contribution in [0.15, 0.2) is 6.07 Å². The number of hydrogen-bond donors (Lipinski definition) is 1. The number of carboxylic acid groups (broad SMARTS) is 1. The van der Waals surface area contributed by atoms with Crippen molar-refractivity contribution in [2.24, 2.45) is 18.9 Å². The van der Waals surface area contributed by atoms with Crippen LogP contribution in [0.3, 0.4) is 0 Å². The first-order valence-corrected chi connectivity index (χ1v) is 6.48. The Morgan fingerprint density at radius 1 is 1.56 bits per heavy atom. The van der Waals surface area contributed by atoms with Crippen molar-refractivity contribution in [3.63, 3.8) is 0 Å². The van der Waals surface area contributed by atoms with Crippen LogP contribution in [0.5, 0.6) is 0 Å². The van der Waals surface area contributed by atoms with Gasteiger partial charge >= 0.3 is 5.97 Å². The predicted molar refractivity (Wildman–Crippen MR) is 68.2 cm³/mol. The molecule has 2 heterocycles. The Morgan fingerprint density at radius 2 is 2.28 bits per heavy atom. The topological polar surface area (TPSA) is 58.4 Å².